The maximum atomic E-state index is 11.7. The van der Waals surface area contributed by atoms with E-state index in [0.717, 1.165) is 13.0 Å². The molecule has 0 amide bonds. The standard InChI is InChI=1S/C12H10O6/c1-5(13)18-10(12(16)17)3-6-2-9(14)7-4-8(7)11(6)15/h2,10H,3-4H2,1H3,(H,16,17). The number of hydrogen-bond acceptors (Lipinski definition) is 5. The normalized spacial score (nSPS) is 19.1. The summed E-state index contributed by atoms with van der Waals surface area (Å²) in [7, 11) is 0. The van der Waals surface area contributed by atoms with Crippen LogP contribution in [-0.4, -0.2) is 34.7 Å². The lowest BCUT2D eigenvalue weighted by molar-refractivity contribution is -0.162. The highest BCUT2D eigenvalue weighted by Gasteiger charge is 2.39. The van der Waals surface area contributed by atoms with Crippen molar-refractivity contribution in [2.75, 3.05) is 0 Å². The van der Waals surface area contributed by atoms with Crippen molar-refractivity contribution in [3.8, 4) is 0 Å². The van der Waals surface area contributed by atoms with Gasteiger partial charge in [-0.25, -0.2) is 4.79 Å². The lowest BCUT2D eigenvalue weighted by Crippen LogP contribution is -2.28. The summed E-state index contributed by atoms with van der Waals surface area (Å²) in [6.45, 7) is 1.08. The summed E-state index contributed by atoms with van der Waals surface area (Å²) in [6, 6.07) is 0. The van der Waals surface area contributed by atoms with Crippen molar-refractivity contribution in [2.45, 2.75) is 25.9 Å². The third kappa shape index (κ3) is 2.22. The molecule has 1 atom stereocenters. The molecule has 6 heteroatoms. The Kier molecular flexibility index (Phi) is 2.86. The van der Waals surface area contributed by atoms with Crippen LogP contribution in [-0.2, 0) is 23.9 Å². The van der Waals surface area contributed by atoms with E-state index in [1.165, 1.54) is 0 Å². The van der Waals surface area contributed by atoms with Gasteiger partial charge in [0.05, 0.1) is 0 Å². The summed E-state index contributed by atoms with van der Waals surface area (Å²) in [5.41, 5.74) is 1.04. The van der Waals surface area contributed by atoms with Gasteiger partial charge in [-0.3, -0.25) is 14.4 Å². The summed E-state index contributed by atoms with van der Waals surface area (Å²) in [4.78, 5) is 44.8. The maximum Gasteiger partial charge on any atom is 0.345 e. The van der Waals surface area contributed by atoms with E-state index in [2.05, 4.69) is 4.74 Å². The van der Waals surface area contributed by atoms with Crippen molar-refractivity contribution >= 4 is 23.5 Å². The van der Waals surface area contributed by atoms with Crippen molar-refractivity contribution in [2.24, 2.45) is 0 Å². The molecule has 1 N–H and O–H groups in total. The number of carbonyl (C=O) groups is 4. The number of carbonyl (C=O) groups excluding carboxylic acids is 3. The first-order valence-electron chi connectivity index (χ1n) is 5.31. The molecule has 2 aliphatic rings. The van der Waals surface area contributed by atoms with Crippen LogP contribution in [0.1, 0.15) is 19.8 Å². The molecule has 18 heavy (non-hydrogen) atoms. The number of carboxylic acids is 1. The molecule has 2 rings (SSSR count). The number of carboxylic acid groups (broad SMARTS) is 1. The predicted octanol–water partition coefficient (Wildman–Crippen LogP) is 0.171. The SMILES string of the molecule is CC(=O)OC(CC1=CC(=O)C2=C(C2)C1=O)C(=O)O. The first-order chi connectivity index (χ1) is 8.40. The van der Waals surface area contributed by atoms with Gasteiger partial charge < -0.3 is 9.84 Å². The van der Waals surface area contributed by atoms with Crippen LogP contribution in [0.4, 0.5) is 0 Å². The van der Waals surface area contributed by atoms with Gasteiger partial charge in [0.25, 0.3) is 0 Å². The van der Waals surface area contributed by atoms with Crippen molar-refractivity contribution in [1.82, 2.24) is 0 Å². The van der Waals surface area contributed by atoms with E-state index >= 15 is 0 Å². The number of hydrogen-bond donors (Lipinski definition) is 1. The maximum absolute atomic E-state index is 11.7. The number of esters is 1. The minimum Gasteiger partial charge on any atom is -0.478 e. The first kappa shape index (κ1) is 12.2. The molecule has 0 aromatic carbocycles. The Hall–Kier alpha value is -2.24. The topological polar surface area (TPSA) is 97.7 Å². The van der Waals surface area contributed by atoms with Crippen molar-refractivity contribution in [3.05, 3.63) is 22.8 Å². The van der Waals surface area contributed by atoms with E-state index in [1.807, 2.05) is 0 Å². The molecule has 0 aromatic heterocycles. The lowest BCUT2D eigenvalue weighted by Gasteiger charge is -2.14. The number of Topliss-reactive ketones (excluding diaryl/α,β-unsaturated/α-hetero) is 1. The molecule has 0 heterocycles. The fourth-order valence-corrected chi connectivity index (χ4v) is 1.82. The Bertz CT molecular complexity index is 537. The van der Waals surface area contributed by atoms with Crippen LogP contribution in [0.25, 0.3) is 0 Å². The monoisotopic (exact) mass is 250 g/mol. The van der Waals surface area contributed by atoms with E-state index in [4.69, 9.17) is 5.11 Å². The third-order valence-electron chi connectivity index (χ3n) is 2.75. The largest absolute Gasteiger partial charge is 0.478 e. The Labute approximate surface area is 102 Å². The van der Waals surface area contributed by atoms with Crippen LogP contribution < -0.4 is 0 Å². The Balaban J connectivity index is 2.12. The molecule has 0 saturated heterocycles. The van der Waals surface area contributed by atoms with Gasteiger partial charge in [0.1, 0.15) is 0 Å². The van der Waals surface area contributed by atoms with E-state index in [9.17, 15) is 19.2 Å². The second kappa shape index (κ2) is 4.21. The average Bonchev–Trinajstić information content (AvgIpc) is 3.04. The Morgan fingerprint density at radius 3 is 2.61 bits per heavy atom. The summed E-state index contributed by atoms with van der Waals surface area (Å²) in [5.74, 6) is -2.67. The van der Waals surface area contributed by atoms with Crippen LogP contribution in [0.2, 0.25) is 0 Å². The smallest absolute Gasteiger partial charge is 0.345 e. The van der Waals surface area contributed by atoms with E-state index in [-0.39, 0.29) is 23.6 Å². The minimum absolute atomic E-state index is 0.0879. The molecule has 0 spiro atoms. The second-order valence-electron chi connectivity index (χ2n) is 4.14. The van der Waals surface area contributed by atoms with E-state index in [0.29, 0.717) is 17.6 Å². The predicted molar refractivity (Wildman–Crippen MR) is 57.5 cm³/mol. The van der Waals surface area contributed by atoms with Gasteiger partial charge in [-0.2, -0.15) is 0 Å². The molecule has 6 nitrogen and oxygen atoms in total. The molecule has 0 aromatic rings. The summed E-state index contributed by atoms with van der Waals surface area (Å²) < 4.78 is 4.59. The summed E-state index contributed by atoms with van der Waals surface area (Å²) >= 11 is 0. The van der Waals surface area contributed by atoms with Crippen LogP contribution in [0.3, 0.4) is 0 Å². The molecule has 94 valence electrons. The zero-order valence-electron chi connectivity index (χ0n) is 9.56. The van der Waals surface area contributed by atoms with Crippen molar-refractivity contribution < 1.29 is 29.0 Å². The lowest BCUT2D eigenvalue weighted by atomic mass is 9.98. The van der Waals surface area contributed by atoms with Crippen LogP contribution in [0, 0.1) is 0 Å². The van der Waals surface area contributed by atoms with E-state index in [1.54, 1.807) is 0 Å². The second-order valence-corrected chi connectivity index (χ2v) is 4.14. The zero-order valence-corrected chi connectivity index (χ0v) is 9.56. The van der Waals surface area contributed by atoms with Gasteiger partial charge in [-0.15, -0.1) is 0 Å². The van der Waals surface area contributed by atoms with Crippen molar-refractivity contribution in [3.63, 3.8) is 0 Å². The highest BCUT2D eigenvalue weighted by atomic mass is 16.6. The highest BCUT2D eigenvalue weighted by molar-refractivity contribution is 6.28. The highest BCUT2D eigenvalue weighted by Crippen LogP contribution is 2.39. The van der Waals surface area contributed by atoms with Crippen LogP contribution in [0.5, 0.6) is 0 Å². The molecule has 0 saturated carbocycles. The molecule has 1 unspecified atom stereocenters. The number of ether oxygens (including phenoxy) is 1. The first-order valence-corrected chi connectivity index (χ1v) is 5.31. The van der Waals surface area contributed by atoms with Gasteiger partial charge in [0, 0.05) is 36.5 Å². The molecule has 0 bridgehead atoms. The summed E-state index contributed by atoms with van der Waals surface area (Å²) in [6.07, 6.45) is -0.210. The molecule has 0 fully saturated rings. The van der Waals surface area contributed by atoms with E-state index < -0.39 is 18.0 Å². The van der Waals surface area contributed by atoms with Crippen LogP contribution >= 0.6 is 0 Å². The zero-order chi connectivity index (χ0) is 13.4. The average molecular weight is 250 g/mol. The fourth-order valence-electron chi connectivity index (χ4n) is 1.82. The quantitative estimate of drug-likeness (QED) is 0.564. The number of aliphatic carboxylic acids is 1. The number of rotatable bonds is 4. The van der Waals surface area contributed by atoms with Gasteiger partial charge in [0.15, 0.2) is 11.6 Å². The van der Waals surface area contributed by atoms with Gasteiger partial charge in [-0.1, -0.05) is 0 Å². The van der Waals surface area contributed by atoms with Gasteiger partial charge in [0.2, 0.25) is 6.10 Å². The minimum atomic E-state index is -1.44. The van der Waals surface area contributed by atoms with Crippen LogP contribution in [0.15, 0.2) is 22.8 Å². The fraction of sp³-hybridized carbons (Fsp3) is 0.333. The van der Waals surface area contributed by atoms with Gasteiger partial charge in [-0.05, 0) is 6.08 Å². The van der Waals surface area contributed by atoms with Gasteiger partial charge >= 0.3 is 11.9 Å². The Morgan fingerprint density at radius 1 is 1.39 bits per heavy atom. The van der Waals surface area contributed by atoms with Crippen molar-refractivity contribution in [1.29, 1.82) is 0 Å². The molecular formula is C12H10O6. The molecular weight excluding hydrogens is 240 g/mol. The Morgan fingerprint density at radius 2 is 2.06 bits per heavy atom. The molecule has 0 aliphatic heterocycles. The number of allylic oxidation sites excluding steroid dienone is 3. The number of ketones is 2. The third-order valence-corrected chi connectivity index (χ3v) is 2.75. The summed E-state index contributed by atoms with van der Waals surface area (Å²) in [5, 5.41) is 8.87. The molecule has 2 aliphatic carbocycles. The molecule has 0 radical (unpaired) electrons.